The standard InChI is InChI=1S/C10H8ClNO3/c1-2-15-10(14)8-7(13)4-3-6(5-12)9(8)11/h3-4,13H,2H2,1H3. The van der Waals surface area contributed by atoms with E-state index in [0.29, 0.717) is 0 Å². The Bertz CT molecular complexity index is 437. The van der Waals surface area contributed by atoms with Crippen LogP contribution in [0.4, 0.5) is 0 Å². The number of esters is 1. The SMILES string of the molecule is CCOC(=O)c1c(O)ccc(C#N)c1Cl. The molecular weight excluding hydrogens is 218 g/mol. The van der Waals surface area contributed by atoms with Crippen molar-refractivity contribution in [1.29, 1.82) is 5.26 Å². The first-order valence-corrected chi connectivity index (χ1v) is 4.58. The highest BCUT2D eigenvalue weighted by Crippen LogP contribution is 2.29. The normalized spacial score (nSPS) is 9.40. The van der Waals surface area contributed by atoms with E-state index < -0.39 is 5.97 Å². The molecule has 1 N–H and O–H groups in total. The van der Waals surface area contributed by atoms with Crippen LogP contribution in [0.5, 0.6) is 5.75 Å². The zero-order chi connectivity index (χ0) is 11.4. The van der Waals surface area contributed by atoms with Crippen molar-refractivity contribution in [3.05, 3.63) is 28.3 Å². The van der Waals surface area contributed by atoms with Crippen LogP contribution in [0.25, 0.3) is 0 Å². The summed E-state index contributed by atoms with van der Waals surface area (Å²) in [4.78, 5) is 11.4. The Labute approximate surface area is 91.7 Å². The summed E-state index contributed by atoms with van der Waals surface area (Å²) in [5.74, 6) is -1.03. The van der Waals surface area contributed by atoms with Crippen LogP contribution in [0, 0.1) is 11.3 Å². The summed E-state index contributed by atoms with van der Waals surface area (Å²) in [5, 5.41) is 18.0. The largest absolute Gasteiger partial charge is 0.507 e. The van der Waals surface area contributed by atoms with Crippen LogP contribution in [0.2, 0.25) is 5.02 Å². The van der Waals surface area contributed by atoms with Gasteiger partial charge < -0.3 is 9.84 Å². The molecular formula is C10H8ClNO3. The Balaban J connectivity index is 3.28. The smallest absolute Gasteiger partial charge is 0.343 e. The average Bonchev–Trinajstić information content (AvgIpc) is 2.18. The number of hydrogen-bond acceptors (Lipinski definition) is 4. The van der Waals surface area contributed by atoms with Gasteiger partial charge in [0.2, 0.25) is 0 Å². The molecule has 0 saturated heterocycles. The Morgan fingerprint density at radius 3 is 2.87 bits per heavy atom. The van der Waals surface area contributed by atoms with E-state index in [1.165, 1.54) is 12.1 Å². The first-order chi connectivity index (χ1) is 7.11. The van der Waals surface area contributed by atoms with Crippen LogP contribution in [-0.4, -0.2) is 17.7 Å². The van der Waals surface area contributed by atoms with Crippen LogP contribution >= 0.6 is 11.6 Å². The number of phenols is 1. The predicted molar refractivity (Wildman–Crippen MR) is 53.8 cm³/mol. The maximum Gasteiger partial charge on any atom is 0.343 e. The van der Waals surface area contributed by atoms with E-state index in [4.69, 9.17) is 21.6 Å². The van der Waals surface area contributed by atoms with E-state index in [0.717, 1.165) is 0 Å². The zero-order valence-electron chi connectivity index (χ0n) is 7.95. The van der Waals surface area contributed by atoms with Gasteiger partial charge in [-0.15, -0.1) is 0 Å². The lowest BCUT2D eigenvalue weighted by Crippen LogP contribution is -2.06. The molecule has 4 nitrogen and oxygen atoms in total. The summed E-state index contributed by atoms with van der Waals surface area (Å²) in [6.45, 7) is 1.81. The van der Waals surface area contributed by atoms with E-state index in [1.807, 2.05) is 6.07 Å². The molecule has 0 amide bonds. The monoisotopic (exact) mass is 225 g/mol. The van der Waals surface area contributed by atoms with Gasteiger partial charge in [0.05, 0.1) is 17.2 Å². The zero-order valence-corrected chi connectivity index (χ0v) is 8.71. The van der Waals surface area contributed by atoms with Gasteiger partial charge in [-0.05, 0) is 19.1 Å². The van der Waals surface area contributed by atoms with E-state index in [2.05, 4.69) is 0 Å². The van der Waals surface area contributed by atoms with Crippen molar-refractivity contribution < 1.29 is 14.6 Å². The van der Waals surface area contributed by atoms with Crippen LogP contribution in [0.1, 0.15) is 22.8 Å². The third kappa shape index (κ3) is 2.20. The summed E-state index contributed by atoms with van der Waals surface area (Å²) >= 11 is 5.76. The molecule has 0 aliphatic rings. The fourth-order valence-corrected chi connectivity index (χ4v) is 1.33. The van der Waals surface area contributed by atoms with Crippen molar-refractivity contribution >= 4 is 17.6 Å². The van der Waals surface area contributed by atoms with Crippen molar-refractivity contribution in [2.45, 2.75) is 6.92 Å². The molecule has 15 heavy (non-hydrogen) atoms. The molecule has 0 fully saturated rings. The first-order valence-electron chi connectivity index (χ1n) is 4.20. The van der Waals surface area contributed by atoms with Crippen molar-refractivity contribution in [2.24, 2.45) is 0 Å². The second kappa shape index (κ2) is 4.67. The second-order valence-electron chi connectivity index (χ2n) is 2.65. The lowest BCUT2D eigenvalue weighted by molar-refractivity contribution is 0.0523. The molecule has 0 aromatic heterocycles. The highest BCUT2D eigenvalue weighted by Gasteiger charge is 2.19. The molecule has 1 aromatic rings. The predicted octanol–water partition coefficient (Wildman–Crippen LogP) is 2.09. The molecule has 0 atom stereocenters. The highest BCUT2D eigenvalue weighted by molar-refractivity contribution is 6.35. The third-order valence-corrected chi connectivity index (χ3v) is 2.11. The molecule has 0 saturated carbocycles. The fourth-order valence-electron chi connectivity index (χ4n) is 1.05. The summed E-state index contributed by atoms with van der Waals surface area (Å²) in [6.07, 6.45) is 0. The van der Waals surface area contributed by atoms with E-state index >= 15 is 0 Å². The first kappa shape index (κ1) is 11.3. The quantitative estimate of drug-likeness (QED) is 0.783. The lowest BCUT2D eigenvalue weighted by Gasteiger charge is -2.06. The molecule has 0 heterocycles. The number of ether oxygens (including phenoxy) is 1. The maximum absolute atomic E-state index is 11.4. The van der Waals surface area contributed by atoms with Gasteiger partial charge in [-0.3, -0.25) is 0 Å². The molecule has 5 heteroatoms. The summed E-state index contributed by atoms with van der Waals surface area (Å²) in [6, 6.07) is 4.38. The molecule has 0 radical (unpaired) electrons. The van der Waals surface area contributed by atoms with Crippen LogP contribution in [0.15, 0.2) is 12.1 Å². The molecule has 1 aromatic carbocycles. The topological polar surface area (TPSA) is 70.3 Å². The minimum Gasteiger partial charge on any atom is -0.507 e. The van der Waals surface area contributed by atoms with Crippen LogP contribution < -0.4 is 0 Å². The number of nitrogens with zero attached hydrogens (tertiary/aromatic N) is 1. The van der Waals surface area contributed by atoms with Gasteiger partial charge in [0.15, 0.2) is 0 Å². The van der Waals surface area contributed by atoms with E-state index in [9.17, 15) is 9.90 Å². The number of rotatable bonds is 2. The number of carbonyl (C=O) groups is 1. The molecule has 1 rings (SSSR count). The van der Waals surface area contributed by atoms with Crippen molar-refractivity contribution in [3.8, 4) is 11.8 Å². The number of phenolic OH excluding ortho intramolecular Hbond substituents is 1. The van der Waals surface area contributed by atoms with Gasteiger partial charge in [-0.1, -0.05) is 11.6 Å². The van der Waals surface area contributed by atoms with Gasteiger partial charge >= 0.3 is 5.97 Å². The van der Waals surface area contributed by atoms with Gasteiger partial charge in [0.1, 0.15) is 17.4 Å². The van der Waals surface area contributed by atoms with Gasteiger partial charge in [0.25, 0.3) is 0 Å². The van der Waals surface area contributed by atoms with Gasteiger partial charge in [-0.2, -0.15) is 5.26 Å². The molecule has 0 bridgehead atoms. The second-order valence-corrected chi connectivity index (χ2v) is 3.03. The minimum absolute atomic E-state index is 0.0871. The number of nitriles is 1. The minimum atomic E-state index is -0.739. The van der Waals surface area contributed by atoms with Gasteiger partial charge in [0, 0.05) is 0 Å². The Hall–Kier alpha value is -1.73. The van der Waals surface area contributed by atoms with Gasteiger partial charge in [-0.25, -0.2) is 4.79 Å². The number of carbonyl (C=O) groups excluding carboxylic acids is 1. The number of hydrogen-bond donors (Lipinski definition) is 1. The number of benzene rings is 1. The molecule has 0 aliphatic carbocycles. The number of halogens is 1. The van der Waals surface area contributed by atoms with Crippen molar-refractivity contribution in [3.63, 3.8) is 0 Å². The molecule has 0 aliphatic heterocycles. The van der Waals surface area contributed by atoms with E-state index in [-0.39, 0.29) is 28.5 Å². The van der Waals surface area contributed by atoms with Crippen LogP contribution in [0.3, 0.4) is 0 Å². The molecule has 0 unspecified atom stereocenters. The lowest BCUT2D eigenvalue weighted by atomic mass is 10.1. The summed E-state index contributed by atoms with van der Waals surface area (Å²) in [7, 11) is 0. The molecule has 78 valence electrons. The summed E-state index contributed by atoms with van der Waals surface area (Å²) < 4.78 is 4.70. The number of aromatic hydroxyl groups is 1. The van der Waals surface area contributed by atoms with Crippen LogP contribution in [-0.2, 0) is 4.74 Å². The van der Waals surface area contributed by atoms with Crippen molar-refractivity contribution in [2.75, 3.05) is 6.61 Å². The molecule has 0 spiro atoms. The third-order valence-electron chi connectivity index (χ3n) is 1.72. The Morgan fingerprint density at radius 1 is 1.67 bits per heavy atom. The van der Waals surface area contributed by atoms with E-state index in [1.54, 1.807) is 6.92 Å². The Morgan fingerprint density at radius 2 is 2.33 bits per heavy atom. The van der Waals surface area contributed by atoms with Crippen molar-refractivity contribution in [1.82, 2.24) is 0 Å². The maximum atomic E-state index is 11.4. The average molecular weight is 226 g/mol. The summed E-state index contributed by atoms with van der Waals surface area (Å²) in [5.41, 5.74) is -0.0462. The fraction of sp³-hybridized carbons (Fsp3) is 0.200. The highest BCUT2D eigenvalue weighted by atomic mass is 35.5. The Kier molecular flexibility index (Phi) is 3.53.